The van der Waals surface area contributed by atoms with Crippen LogP contribution in [0.3, 0.4) is 0 Å². The molecule has 0 bridgehead atoms. The van der Waals surface area contributed by atoms with Gasteiger partial charge in [0.25, 0.3) is 0 Å². The number of rotatable bonds is 13. The summed E-state index contributed by atoms with van der Waals surface area (Å²) in [4.78, 5) is 0. The summed E-state index contributed by atoms with van der Waals surface area (Å²) in [6.07, 6.45) is 24.9. The monoisotopic (exact) mass is 468 g/mol. The summed E-state index contributed by atoms with van der Waals surface area (Å²) >= 11 is 0. The van der Waals surface area contributed by atoms with Gasteiger partial charge in [0.15, 0.2) is 0 Å². The van der Waals surface area contributed by atoms with Gasteiger partial charge in [0.05, 0.1) is 0 Å². The zero-order chi connectivity index (χ0) is 24.6. The molecule has 0 amide bonds. The molecule has 0 heterocycles. The summed E-state index contributed by atoms with van der Waals surface area (Å²) in [6, 6.07) is 17.8. The van der Waals surface area contributed by atoms with E-state index in [2.05, 4.69) is 86.4 Å². The average Bonchev–Trinajstić information content (AvgIpc) is 2.90. The van der Waals surface area contributed by atoms with Crippen LogP contribution in [0.25, 0.3) is 0 Å². The second kappa shape index (κ2) is 16.4. The molecule has 0 atom stereocenters. The predicted octanol–water partition coefficient (Wildman–Crippen LogP) is 10.1. The minimum absolute atomic E-state index is 0.942. The smallest absolute Gasteiger partial charge is 0.0249 e. The molecule has 0 saturated heterocycles. The molecule has 0 aromatic heterocycles. The molecule has 0 nitrogen and oxygen atoms in total. The number of hydrogen-bond donors (Lipinski definition) is 0. The molecule has 2 aromatic rings. The van der Waals surface area contributed by atoms with Crippen LogP contribution >= 0.6 is 0 Å². The van der Waals surface area contributed by atoms with Crippen molar-refractivity contribution in [3.8, 4) is 11.8 Å². The third-order valence-corrected chi connectivity index (χ3v) is 7.85. The number of hydrogen-bond acceptors (Lipinski definition) is 0. The van der Waals surface area contributed by atoms with Crippen molar-refractivity contribution in [3.63, 3.8) is 0 Å². The first-order valence-corrected chi connectivity index (χ1v) is 14.6. The van der Waals surface area contributed by atoms with Gasteiger partial charge in [-0.3, -0.25) is 0 Å². The van der Waals surface area contributed by atoms with E-state index in [1.807, 2.05) is 0 Å². The minimum atomic E-state index is 0.942. The van der Waals surface area contributed by atoms with Crippen LogP contribution in [0, 0.1) is 23.7 Å². The highest BCUT2D eigenvalue weighted by molar-refractivity contribution is 5.44. The highest BCUT2D eigenvalue weighted by Gasteiger charge is 2.20. The lowest BCUT2D eigenvalue weighted by Gasteiger charge is -2.28. The van der Waals surface area contributed by atoms with E-state index in [1.165, 1.54) is 101 Å². The molecule has 3 rings (SSSR count). The number of benzene rings is 2. The number of aryl methyl sites for hydroxylation is 2. The summed E-state index contributed by atoms with van der Waals surface area (Å²) in [5, 5.41) is 0. The molecule has 1 aliphatic carbocycles. The summed E-state index contributed by atoms with van der Waals surface area (Å²) in [7, 11) is 0. The van der Waals surface area contributed by atoms with Gasteiger partial charge in [-0.1, -0.05) is 113 Å². The molecule has 0 heteroatoms. The van der Waals surface area contributed by atoms with Crippen molar-refractivity contribution >= 4 is 0 Å². The molecule has 0 aliphatic heterocycles. The van der Waals surface area contributed by atoms with Gasteiger partial charge in [-0.25, -0.2) is 0 Å². The predicted molar refractivity (Wildman–Crippen MR) is 154 cm³/mol. The molecule has 0 spiro atoms. The largest absolute Gasteiger partial charge is 0.0917 e. The van der Waals surface area contributed by atoms with Crippen LogP contribution in [0.2, 0.25) is 0 Å². The zero-order valence-electron chi connectivity index (χ0n) is 22.5. The highest BCUT2D eigenvalue weighted by Crippen LogP contribution is 2.34. The van der Waals surface area contributed by atoms with Crippen molar-refractivity contribution < 1.29 is 0 Å². The molecular formula is C35H48. The molecule has 188 valence electrons. The van der Waals surface area contributed by atoms with Gasteiger partial charge in [0.2, 0.25) is 0 Å². The van der Waals surface area contributed by atoms with Gasteiger partial charge in [-0.2, -0.15) is 0 Å². The van der Waals surface area contributed by atoms with Crippen LogP contribution in [-0.2, 0) is 12.8 Å². The Balaban J connectivity index is 1.35. The fraction of sp³-hybridized carbons (Fsp3) is 0.543. The Labute approximate surface area is 216 Å². The average molecular weight is 469 g/mol. The van der Waals surface area contributed by atoms with Gasteiger partial charge in [0.1, 0.15) is 0 Å². The maximum atomic E-state index is 3.35. The van der Waals surface area contributed by atoms with Crippen LogP contribution in [0.5, 0.6) is 0 Å². The van der Waals surface area contributed by atoms with Gasteiger partial charge in [-0.05, 0) is 92.7 Å². The summed E-state index contributed by atoms with van der Waals surface area (Å²) < 4.78 is 0. The van der Waals surface area contributed by atoms with Crippen LogP contribution in [0.1, 0.15) is 120 Å². The Kier molecular flexibility index (Phi) is 12.8. The van der Waals surface area contributed by atoms with Gasteiger partial charge < -0.3 is 0 Å². The van der Waals surface area contributed by atoms with Crippen molar-refractivity contribution in [2.75, 3.05) is 0 Å². The Morgan fingerprint density at radius 2 is 1.23 bits per heavy atom. The first-order chi connectivity index (χ1) is 17.3. The first-order valence-electron chi connectivity index (χ1n) is 14.6. The quantitative estimate of drug-likeness (QED) is 0.156. The van der Waals surface area contributed by atoms with Crippen LogP contribution < -0.4 is 0 Å². The number of allylic oxidation sites excluding steroid dienone is 2. The minimum Gasteiger partial charge on any atom is -0.0917 e. The van der Waals surface area contributed by atoms with E-state index in [4.69, 9.17) is 0 Å². The maximum Gasteiger partial charge on any atom is 0.0249 e. The highest BCUT2D eigenvalue weighted by atomic mass is 14.3. The van der Waals surface area contributed by atoms with Crippen molar-refractivity contribution in [1.29, 1.82) is 0 Å². The lowest BCUT2D eigenvalue weighted by Crippen LogP contribution is -2.15. The molecule has 0 radical (unpaired) electrons. The molecule has 35 heavy (non-hydrogen) atoms. The summed E-state index contributed by atoms with van der Waals surface area (Å²) in [5.41, 5.74) is 5.11. The number of unbranched alkanes of at least 4 members (excludes halogenated alkanes) is 5. The molecule has 1 aliphatic rings. The van der Waals surface area contributed by atoms with Crippen molar-refractivity contribution in [2.24, 2.45) is 11.8 Å². The molecular weight excluding hydrogens is 420 g/mol. The Hall–Kier alpha value is -2.26. The third-order valence-electron chi connectivity index (χ3n) is 7.85. The second-order valence-corrected chi connectivity index (χ2v) is 10.7. The molecule has 0 unspecified atom stereocenters. The van der Waals surface area contributed by atoms with Gasteiger partial charge >= 0.3 is 0 Å². The zero-order valence-corrected chi connectivity index (χ0v) is 22.5. The summed E-state index contributed by atoms with van der Waals surface area (Å²) in [5.74, 6) is 8.65. The fourth-order valence-electron chi connectivity index (χ4n) is 5.45. The first kappa shape index (κ1) is 27.3. The van der Waals surface area contributed by atoms with E-state index in [-0.39, 0.29) is 0 Å². The Morgan fingerprint density at radius 3 is 1.80 bits per heavy atom. The van der Waals surface area contributed by atoms with E-state index in [9.17, 15) is 0 Å². The van der Waals surface area contributed by atoms with Gasteiger partial charge in [-0.15, -0.1) is 0 Å². The summed E-state index contributed by atoms with van der Waals surface area (Å²) in [6.45, 7) is 4.40. The van der Waals surface area contributed by atoms with Gasteiger partial charge in [0, 0.05) is 11.1 Å². The normalized spacial score (nSPS) is 17.9. The fourth-order valence-corrected chi connectivity index (χ4v) is 5.45. The SMILES string of the molecule is C/C=C/CCCCc1ccc(C#Cc2ccc(CCC3CCC(CCCCCC)CC3)cc2)cc1. The topological polar surface area (TPSA) is 0 Å². The van der Waals surface area contributed by atoms with Crippen LogP contribution in [0.4, 0.5) is 0 Å². The van der Waals surface area contributed by atoms with Crippen molar-refractivity contribution in [2.45, 2.75) is 110 Å². The van der Waals surface area contributed by atoms with Crippen LogP contribution in [0.15, 0.2) is 60.7 Å². The molecule has 1 saturated carbocycles. The van der Waals surface area contributed by atoms with Crippen LogP contribution in [-0.4, -0.2) is 0 Å². The lowest BCUT2D eigenvalue weighted by atomic mass is 9.77. The lowest BCUT2D eigenvalue weighted by molar-refractivity contribution is 0.249. The Morgan fingerprint density at radius 1 is 0.657 bits per heavy atom. The molecule has 1 fully saturated rings. The van der Waals surface area contributed by atoms with E-state index < -0.39 is 0 Å². The van der Waals surface area contributed by atoms with E-state index >= 15 is 0 Å². The Bertz CT molecular complexity index is 895. The van der Waals surface area contributed by atoms with E-state index in [1.54, 1.807) is 0 Å². The van der Waals surface area contributed by atoms with E-state index in [0.29, 0.717) is 0 Å². The third kappa shape index (κ3) is 10.9. The second-order valence-electron chi connectivity index (χ2n) is 10.7. The molecule has 0 N–H and O–H groups in total. The molecule has 2 aromatic carbocycles. The maximum absolute atomic E-state index is 3.35. The standard InChI is InChI=1S/C35H48/c1-3-5-7-9-11-13-31-16-20-33(21-17-31)23-25-35-28-26-34(27-29-35)24-22-32-18-14-30(15-19-32)12-10-8-6-4-2/h3,5,16-17,20-21,26-30,32H,4,6-15,18-19,22,24H2,1-2H3/b5-3+. The van der Waals surface area contributed by atoms with Crippen molar-refractivity contribution in [3.05, 3.63) is 82.9 Å². The van der Waals surface area contributed by atoms with Crippen molar-refractivity contribution in [1.82, 2.24) is 0 Å². The van der Waals surface area contributed by atoms with E-state index in [0.717, 1.165) is 29.4 Å².